The highest BCUT2D eigenvalue weighted by Crippen LogP contribution is 2.38. The van der Waals surface area contributed by atoms with Gasteiger partial charge in [0.2, 0.25) is 5.91 Å². The van der Waals surface area contributed by atoms with Crippen molar-refractivity contribution >= 4 is 18.3 Å². The summed E-state index contributed by atoms with van der Waals surface area (Å²) < 4.78 is 0. The van der Waals surface area contributed by atoms with Crippen LogP contribution in [0.1, 0.15) is 56.6 Å². The smallest absolute Gasteiger partial charge is 0.220 e. The maximum absolute atomic E-state index is 12.3. The molecule has 3 nitrogen and oxygen atoms in total. The van der Waals surface area contributed by atoms with E-state index in [1.54, 1.807) is 0 Å². The molecule has 1 aliphatic rings. The van der Waals surface area contributed by atoms with Gasteiger partial charge in [-0.1, -0.05) is 50.5 Å². The van der Waals surface area contributed by atoms with Crippen LogP contribution in [0.25, 0.3) is 0 Å². The van der Waals surface area contributed by atoms with Crippen molar-refractivity contribution in [2.75, 3.05) is 6.54 Å². The van der Waals surface area contributed by atoms with Crippen molar-refractivity contribution in [3.63, 3.8) is 0 Å². The van der Waals surface area contributed by atoms with E-state index in [9.17, 15) is 4.79 Å². The molecule has 124 valence electrons. The third kappa shape index (κ3) is 4.99. The lowest BCUT2D eigenvalue weighted by Gasteiger charge is -2.35. The summed E-state index contributed by atoms with van der Waals surface area (Å²) in [4.78, 5) is 12.3. The van der Waals surface area contributed by atoms with E-state index in [0.717, 1.165) is 19.3 Å². The quantitative estimate of drug-likeness (QED) is 0.840. The Morgan fingerprint density at radius 2 is 1.82 bits per heavy atom. The Hall–Kier alpha value is -1.06. The normalized spacial score (nSPS) is 16.6. The first-order valence-corrected chi connectivity index (χ1v) is 8.23. The Morgan fingerprint density at radius 3 is 2.41 bits per heavy atom. The lowest BCUT2D eigenvalue weighted by molar-refractivity contribution is -0.124. The van der Waals surface area contributed by atoms with E-state index >= 15 is 0 Å². The minimum absolute atomic E-state index is 0. The van der Waals surface area contributed by atoms with E-state index < -0.39 is 0 Å². The highest BCUT2D eigenvalue weighted by molar-refractivity contribution is 5.85. The molecule has 4 heteroatoms. The number of carbonyl (C=O) groups excluding carboxylic acids is 1. The van der Waals surface area contributed by atoms with E-state index in [1.807, 2.05) is 6.07 Å². The second-order valence-corrected chi connectivity index (χ2v) is 6.34. The van der Waals surface area contributed by atoms with Crippen LogP contribution in [0.4, 0.5) is 0 Å². The van der Waals surface area contributed by atoms with Crippen LogP contribution in [0, 0.1) is 5.41 Å². The topological polar surface area (TPSA) is 55.1 Å². The van der Waals surface area contributed by atoms with Crippen LogP contribution in [0.5, 0.6) is 0 Å². The molecule has 3 N–H and O–H groups in total. The SMILES string of the molecule is CCc1ccccc1CNC(=O)CC1(CN)CCCCC1.Cl. The van der Waals surface area contributed by atoms with E-state index in [2.05, 4.69) is 30.4 Å². The van der Waals surface area contributed by atoms with Gasteiger partial charge in [0.1, 0.15) is 0 Å². The van der Waals surface area contributed by atoms with Gasteiger partial charge in [-0.15, -0.1) is 12.4 Å². The maximum atomic E-state index is 12.3. The van der Waals surface area contributed by atoms with Gasteiger partial charge in [-0.05, 0) is 42.3 Å². The van der Waals surface area contributed by atoms with Crippen LogP contribution < -0.4 is 11.1 Å². The predicted octanol–water partition coefficient (Wildman–Crippen LogP) is 3.59. The van der Waals surface area contributed by atoms with E-state index in [1.165, 1.54) is 30.4 Å². The Bertz CT molecular complexity index is 470. The van der Waals surface area contributed by atoms with Gasteiger partial charge in [0.15, 0.2) is 0 Å². The molecular weight excluding hydrogens is 296 g/mol. The molecule has 0 spiro atoms. The second kappa shape index (κ2) is 9.16. The van der Waals surface area contributed by atoms with Crippen LogP contribution in [-0.4, -0.2) is 12.5 Å². The number of nitrogens with two attached hydrogens (primary N) is 1. The second-order valence-electron chi connectivity index (χ2n) is 6.34. The minimum Gasteiger partial charge on any atom is -0.352 e. The van der Waals surface area contributed by atoms with Gasteiger partial charge in [0.05, 0.1) is 0 Å². The zero-order chi connectivity index (χ0) is 15.1. The molecule has 2 rings (SSSR count). The molecule has 0 saturated heterocycles. The lowest BCUT2D eigenvalue weighted by Crippen LogP contribution is -2.38. The average molecular weight is 325 g/mol. The molecule has 1 aromatic carbocycles. The number of halogens is 1. The van der Waals surface area contributed by atoms with Crippen LogP contribution in [-0.2, 0) is 17.8 Å². The van der Waals surface area contributed by atoms with Gasteiger partial charge in [0.25, 0.3) is 0 Å². The molecule has 1 amide bonds. The van der Waals surface area contributed by atoms with Crippen molar-refractivity contribution in [3.05, 3.63) is 35.4 Å². The summed E-state index contributed by atoms with van der Waals surface area (Å²) in [7, 11) is 0. The zero-order valence-electron chi connectivity index (χ0n) is 13.6. The number of benzene rings is 1. The molecule has 1 aliphatic carbocycles. The van der Waals surface area contributed by atoms with Crippen molar-refractivity contribution in [1.29, 1.82) is 0 Å². The number of amides is 1. The first-order valence-electron chi connectivity index (χ1n) is 8.23. The molecule has 0 atom stereocenters. The van der Waals surface area contributed by atoms with Crippen LogP contribution in [0.2, 0.25) is 0 Å². The molecular formula is C18H29ClN2O. The number of aryl methyl sites for hydroxylation is 1. The summed E-state index contributed by atoms with van der Waals surface area (Å²) in [5.41, 5.74) is 8.54. The third-order valence-corrected chi connectivity index (χ3v) is 4.86. The summed E-state index contributed by atoms with van der Waals surface area (Å²) in [6.45, 7) is 3.40. The monoisotopic (exact) mass is 324 g/mol. The fourth-order valence-corrected chi connectivity index (χ4v) is 3.43. The molecule has 1 saturated carbocycles. The third-order valence-electron chi connectivity index (χ3n) is 4.86. The van der Waals surface area contributed by atoms with Crippen molar-refractivity contribution in [3.8, 4) is 0 Å². The van der Waals surface area contributed by atoms with Crippen molar-refractivity contribution < 1.29 is 4.79 Å². The predicted molar refractivity (Wildman–Crippen MR) is 94.1 cm³/mol. The number of rotatable bonds is 6. The van der Waals surface area contributed by atoms with Gasteiger partial charge in [-0.25, -0.2) is 0 Å². The first kappa shape index (κ1) is 19.0. The molecule has 0 unspecified atom stereocenters. The Balaban J connectivity index is 0.00000242. The minimum atomic E-state index is 0. The fraction of sp³-hybridized carbons (Fsp3) is 0.611. The van der Waals surface area contributed by atoms with Gasteiger partial charge >= 0.3 is 0 Å². The van der Waals surface area contributed by atoms with Gasteiger partial charge in [0, 0.05) is 13.0 Å². The summed E-state index contributed by atoms with van der Waals surface area (Å²) in [6, 6.07) is 8.31. The van der Waals surface area contributed by atoms with Crippen molar-refractivity contribution in [2.45, 2.75) is 58.4 Å². The Labute approximate surface area is 140 Å². The zero-order valence-corrected chi connectivity index (χ0v) is 14.4. The average Bonchev–Trinajstić information content (AvgIpc) is 2.54. The fourth-order valence-electron chi connectivity index (χ4n) is 3.43. The molecule has 0 aliphatic heterocycles. The summed E-state index contributed by atoms with van der Waals surface area (Å²) >= 11 is 0. The van der Waals surface area contributed by atoms with Gasteiger partial charge in [-0.3, -0.25) is 4.79 Å². The van der Waals surface area contributed by atoms with Crippen LogP contribution >= 0.6 is 12.4 Å². The molecule has 1 aromatic rings. The highest BCUT2D eigenvalue weighted by atomic mass is 35.5. The number of carbonyl (C=O) groups is 1. The summed E-state index contributed by atoms with van der Waals surface area (Å²) in [5.74, 6) is 0.147. The molecule has 0 radical (unpaired) electrons. The van der Waals surface area contributed by atoms with Gasteiger partial charge < -0.3 is 11.1 Å². The molecule has 0 aromatic heterocycles. The number of hydrogen-bond donors (Lipinski definition) is 2. The van der Waals surface area contributed by atoms with Gasteiger partial charge in [-0.2, -0.15) is 0 Å². The lowest BCUT2D eigenvalue weighted by atomic mass is 9.71. The first-order chi connectivity index (χ1) is 10.2. The highest BCUT2D eigenvalue weighted by Gasteiger charge is 2.32. The summed E-state index contributed by atoms with van der Waals surface area (Å²) in [6.07, 6.45) is 7.49. The van der Waals surface area contributed by atoms with E-state index in [0.29, 0.717) is 19.5 Å². The van der Waals surface area contributed by atoms with Crippen molar-refractivity contribution in [2.24, 2.45) is 11.1 Å². The Kier molecular flexibility index (Phi) is 7.91. The number of nitrogens with one attached hydrogen (secondary N) is 1. The van der Waals surface area contributed by atoms with Crippen LogP contribution in [0.15, 0.2) is 24.3 Å². The molecule has 0 bridgehead atoms. The molecule has 1 fully saturated rings. The summed E-state index contributed by atoms with van der Waals surface area (Å²) in [5, 5.41) is 3.09. The van der Waals surface area contributed by atoms with Crippen molar-refractivity contribution in [1.82, 2.24) is 5.32 Å². The van der Waals surface area contributed by atoms with E-state index in [-0.39, 0.29) is 23.7 Å². The standard InChI is InChI=1S/C18H28N2O.ClH/c1-2-15-8-4-5-9-16(15)13-20-17(21)12-18(14-19)10-6-3-7-11-18;/h4-5,8-9H,2-3,6-7,10-14,19H2,1H3,(H,20,21);1H. The van der Waals surface area contributed by atoms with E-state index in [4.69, 9.17) is 5.73 Å². The maximum Gasteiger partial charge on any atom is 0.220 e. The largest absolute Gasteiger partial charge is 0.352 e. The number of hydrogen-bond acceptors (Lipinski definition) is 2. The molecule has 0 heterocycles. The van der Waals surface area contributed by atoms with Crippen LogP contribution in [0.3, 0.4) is 0 Å². The molecule has 22 heavy (non-hydrogen) atoms. The Morgan fingerprint density at radius 1 is 1.18 bits per heavy atom.